The lowest BCUT2D eigenvalue weighted by Gasteiger charge is -2.10. The Balaban J connectivity index is 1.46. The summed E-state index contributed by atoms with van der Waals surface area (Å²) in [5.74, 6) is 0.845. The van der Waals surface area contributed by atoms with Crippen LogP contribution in [0.3, 0.4) is 0 Å². The number of hydrogen-bond acceptors (Lipinski definition) is 6. The number of anilines is 1. The molecule has 0 spiro atoms. The Morgan fingerprint density at radius 3 is 2.70 bits per heavy atom. The largest absolute Gasteiger partial charge is 0.494 e. The highest BCUT2D eigenvalue weighted by molar-refractivity contribution is 6.30. The fourth-order valence-corrected chi connectivity index (χ4v) is 3.96. The van der Waals surface area contributed by atoms with Crippen molar-refractivity contribution < 1.29 is 9.53 Å². The minimum absolute atomic E-state index is 0.129. The van der Waals surface area contributed by atoms with E-state index in [1.165, 1.54) is 15.6 Å². The van der Waals surface area contributed by atoms with Gasteiger partial charge in [0.2, 0.25) is 5.95 Å². The van der Waals surface area contributed by atoms with E-state index in [1.54, 1.807) is 55.5 Å². The van der Waals surface area contributed by atoms with Gasteiger partial charge in [-0.1, -0.05) is 31.0 Å². The summed E-state index contributed by atoms with van der Waals surface area (Å²) < 4.78 is 8.57. The van der Waals surface area contributed by atoms with Gasteiger partial charge in [-0.15, -0.1) is 0 Å². The summed E-state index contributed by atoms with van der Waals surface area (Å²) in [6.45, 7) is 4.51. The molecule has 2 N–H and O–H groups in total. The van der Waals surface area contributed by atoms with Crippen molar-refractivity contribution in [2.45, 2.75) is 26.7 Å². The third-order valence-electron chi connectivity index (χ3n) is 5.64. The van der Waals surface area contributed by atoms with Gasteiger partial charge in [0.25, 0.3) is 11.5 Å². The lowest BCUT2D eigenvalue weighted by atomic mass is 10.2. The number of amides is 1. The molecule has 11 heteroatoms. The molecule has 10 nitrogen and oxygen atoms in total. The summed E-state index contributed by atoms with van der Waals surface area (Å²) in [7, 11) is 0. The molecular formula is C26H24ClN7O3. The molecule has 3 heterocycles. The summed E-state index contributed by atoms with van der Waals surface area (Å²) in [4.78, 5) is 33.2. The molecule has 0 saturated heterocycles. The predicted octanol–water partition coefficient (Wildman–Crippen LogP) is 4.69. The van der Waals surface area contributed by atoms with Crippen LogP contribution in [0, 0.1) is 6.92 Å². The van der Waals surface area contributed by atoms with Crippen LogP contribution in [0.2, 0.25) is 5.02 Å². The number of nitrogens with one attached hydrogen (secondary N) is 2. The molecule has 0 fully saturated rings. The monoisotopic (exact) mass is 517 g/mol. The average Bonchev–Trinajstić information content (AvgIpc) is 3.48. The van der Waals surface area contributed by atoms with Crippen molar-refractivity contribution in [2.75, 3.05) is 11.9 Å². The highest BCUT2D eigenvalue weighted by Crippen LogP contribution is 2.21. The van der Waals surface area contributed by atoms with Crippen LogP contribution in [0.5, 0.6) is 5.75 Å². The van der Waals surface area contributed by atoms with Gasteiger partial charge in [0, 0.05) is 16.7 Å². The van der Waals surface area contributed by atoms with Crippen LogP contribution in [-0.2, 0) is 0 Å². The smallest absolute Gasteiger partial charge is 0.263 e. The second-order valence-electron chi connectivity index (χ2n) is 8.43. The van der Waals surface area contributed by atoms with Gasteiger partial charge in [-0.25, -0.2) is 4.68 Å². The Hall–Kier alpha value is -4.44. The van der Waals surface area contributed by atoms with Crippen molar-refractivity contribution in [3.63, 3.8) is 0 Å². The lowest BCUT2D eigenvalue weighted by Crippen LogP contribution is -2.19. The summed E-state index contributed by atoms with van der Waals surface area (Å²) in [5, 5.41) is 12.4. The first-order chi connectivity index (χ1) is 17.9. The van der Waals surface area contributed by atoms with Crippen molar-refractivity contribution in [3.8, 4) is 17.4 Å². The molecule has 0 aliphatic rings. The Labute approximate surface area is 216 Å². The quantitative estimate of drug-likeness (QED) is 0.288. The zero-order valence-electron chi connectivity index (χ0n) is 20.2. The Kier molecular flexibility index (Phi) is 6.74. The number of H-pyrrole nitrogens is 1. The van der Waals surface area contributed by atoms with E-state index >= 15 is 0 Å². The van der Waals surface area contributed by atoms with E-state index in [9.17, 15) is 9.59 Å². The number of nitrogens with zero attached hydrogens (tertiary/aromatic N) is 5. The van der Waals surface area contributed by atoms with Crippen LogP contribution < -0.4 is 15.6 Å². The second kappa shape index (κ2) is 10.3. The Bertz CT molecular complexity index is 1640. The zero-order valence-corrected chi connectivity index (χ0v) is 21.0. The maximum absolute atomic E-state index is 13.0. The van der Waals surface area contributed by atoms with Crippen LogP contribution in [0.4, 0.5) is 5.82 Å². The van der Waals surface area contributed by atoms with Crippen molar-refractivity contribution in [1.29, 1.82) is 0 Å². The molecule has 0 aliphatic heterocycles. The molecule has 0 aliphatic carbocycles. The van der Waals surface area contributed by atoms with E-state index in [0.29, 0.717) is 51.2 Å². The molecule has 188 valence electrons. The molecule has 0 bridgehead atoms. The Morgan fingerprint density at radius 2 is 1.95 bits per heavy atom. The van der Waals surface area contributed by atoms with E-state index in [-0.39, 0.29) is 11.9 Å². The van der Waals surface area contributed by atoms with Gasteiger partial charge in [0.1, 0.15) is 17.0 Å². The molecule has 37 heavy (non-hydrogen) atoms. The van der Waals surface area contributed by atoms with Crippen LogP contribution in [-0.4, -0.2) is 42.0 Å². The molecule has 0 unspecified atom stereocenters. The molecule has 0 saturated carbocycles. The number of aromatic amines is 1. The first-order valence-electron chi connectivity index (χ1n) is 11.8. The predicted molar refractivity (Wildman–Crippen MR) is 141 cm³/mol. The summed E-state index contributed by atoms with van der Waals surface area (Å²) in [6.07, 6.45) is 3.45. The van der Waals surface area contributed by atoms with Gasteiger partial charge in [0.15, 0.2) is 5.65 Å². The Morgan fingerprint density at radius 1 is 1.14 bits per heavy atom. The molecule has 5 aromatic rings. The SMILES string of the molecule is CCCCOc1ccc(C(=O)Nc2cc(C)nn2-c2nc3c(cnn3-c3cccc(Cl)c3)c(=O)[nH]2)cc1. The topological polar surface area (TPSA) is 120 Å². The van der Waals surface area contributed by atoms with E-state index < -0.39 is 5.56 Å². The number of benzene rings is 2. The average molecular weight is 518 g/mol. The molecule has 5 rings (SSSR count). The second-order valence-corrected chi connectivity index (χ2v) is 8.86. The molecule has 3 aromatic heterocycles. The number of unbranched alkanes of at least 4 members (excludes halogenated alkanes) is 1. The lowest BCUT2D eigenvalue weighted by molar-refractivity contribution is 0.102. The summed E-state index contributed by atoms with van der Waals surface area (Å²) in [6, 6.07) is 15.7. The number of aromatic nitrogens is 6. The third-order valence-corrected chi connectivity index (χ3v) is 5.87. The van der Waals surface area contributed by atoms with Crippen molar-refractivity contribution >= 4 is 34.4 Å². The normalized spacial score (nSPS) is 11.1. The maximum atomic E-state index is 13.0. The highest BCUT2D eigenvalue weighted by Gasteiger charge is 2.17. The van der Waals surface area contributed by atoms with Gasteiger partial charge in [-0.05, 0) is 55.8 Å². The first kappa shape index (κ1) is 24.3. The van der Waals surface area contributed by atoms with Crippen molar-refractivity contribution in [3.05, 3.63) is 87.4 Å². The number of rotatable bonds is 8. The number of carbonyl (C=O) groups is 1. The van der Waals surface area contributed by atoms with Crippen LogP contribution in [0.1, 0.15) is 35.8 Å². The number of fused-ring (bicyclic) bond motifs is 1. The number of carbonyl (C=O) groups excluding carboxylic acids is 1. The molecule has 0 atom stereocenters. The number of aryl methyl sites for hydroxylation is 1. The summed E-state index contributed by atoms with van der Waals surface area (Å²) >= 11 is 6.14. The van der Waals surface area contributed by atoms with E-state index in [4.69, 9.17) is 16.3 Å². The highest BCUT2D eigenvalue weighted by atomic mass is 35.5. The van der Waals surface area contributed by atoms with E-state index in [1.807, 2.05) is 6.07 Å². The van der Waals surface area contributed by atoms with Gasteiger partial charge < -0.3 is 10.1 Å². The fraction of sp³-hybridized carbons (Fsp3) is 0.192. The number of hydrogen-bond donors (Lipinski definition) is 2. The zero-order chi connectivity index (χ0) is 25.9. The van der Waals surface area contributed by atoms with Crippen LogP contribution >= 0.6 is 11.6 Å². The third kappa shape index (κ3) is 5.10. The van der Waals surface area contributed by atoms with Gasteiger partial charge in [-0.2, -0.15) is 19.9 Å². The molecular weight excluding hydrogens is 494 g/mol. The molecule has 2 aromatic carbocycles. The summed E-state index contributed by atoms with van der Waals surface area (Å²) in [5.41, 5.74) is 1.66. The number of ether oxygens (including phenoxy) is 1. The van der Waals surface area contributed by atoms with Crippen molar-refractivity contribution in [2.24, 2.45) is 0 Å². The van der Waals surface area contributed by atoms with Gasteiger partial charge in [0.05, 0.1) is 24.2 Å². The van der Waals surface area contributed by atoms with Gasteiger partial charge in [-0.3, -0.25) is 14.6 Å². The number of halogens is 1. The van der Waals surface area contributed by atoms with Crippen LogP contribution in [0.25, 0.3) is 22.7 Å². The maximum Gasteiger partial charge on any atom is 0.263 e. The van der Waals surface area contributed by atoms with Crippen LogP contribution in [0.15, 0.2) is 65.6 Å². The van der Waals surface area contributed by atoms with E-state index in [2.05, 4.69) is 32.4 Å². The minimum atomic E-state index is -0.391. The standard InChI is InChI=1S/C26H24ClN7O3/c1-3-4-12-37-20-10-8-17(9-11-20)24(35)29-22-13-16(2)32-34(22)26-30-23-21(25(36)31-26)15-28-33(23)19-7-5-6-18(27)14-19/h5-11,13-15H,3-4,12H2,1-2H3,(H,29,35)(H,30,31,36). The van der Waals surface area contributed by atoms with Gasteiger partial charge >= 0.3 is 0 Å². The van der Waals surface area contributed by atoms with E-state index in [0.717, 1.165) is 12.8 Å². The minimum Gasteiger partial charge on any atom is -0.494 e. The molecule has 0 radical (unpaired) electrons. The molecule has 1 amide bonds. The first-order valence-corrected chi connectivity index (χ1v) is 12.2. The van der Waals surface area contributed by atoms with Crippen molar-refractivity contribution in [1.82, 2.24) is 29.5 Å². The fourth-order valence-electron chi connectivity index (χ4n) is 3.78.